The van der Waals surface area contributed by atoms with Gasteiger partial charge in [-0.1, -0.05) is 24.3 Å². The first-order valence-electron chi connectivity index (χ1n) is 10.0. The molecule has 1 aromatic heterocycles. The van der Waals surface area contributed by atoms with Crippen molar-refractivity contribution < 1.29 is 9.13 Å². The molecule has 9 heteroatoms. The SMILES string of the molecule is COc1ccccc1NC(=S)NC(=NCCc1ccc(F)cc1)Nc1nc(C)cc(C)n1. The molecule has 32 heavy (non-hydrogen) atoms. The number of anilines is 2. The van der Waals surface area contributed by atoms with E-state index in [1.165, 1.54) is 12.1 Å². The Morgan fingerprint density at radius 2 is 1.72 bits per heavy atom. The van der Waals surface area contributed by atoms with Crippen LogP contribution in [-0.4, -0.2) is 34.7 Å². The smallest absolute Gasteiger partial charge is 0.229 e. The third kappa shape index (κ3) is 6.98. The first kappa shape index (κ1) is 23.1. The van der Waals surface area contributed by atoms with Crippen molar-refractivity contribution in [3.05, 3.63) is 77.4 Å². The summed E-state index contributed by atoms with van der Waals surface area (Å²) in [6, 6.07) is 15.7. The Morgan fingerprint density at radius 1 is 1.03 bits per heavy atom. The molecule has 0 unspecified atom stereocenters. The summed E-state index contributed by atoms with van der Waals surface area (Å²) in [6.45, 7) is 4.24. The molecule has 0 radical (unpaired) electrons. The number of rotatable bonds is 6. The van der Waals surface area contributed by atoms with Crippen molar-refractivity contribution in [3.63, 3.8) is 0 Å². The van der Waals surface area contributed by atoms with Gasteiger partial charge in [0.2, 0.25) is 11.9 Å². The first-order valence-corrected chi connectivity index (χ1v) is 10.4. The lowest BCUT2D eigenvalue weighted by atomic mass is 10.1. The zero-order valence-corrected chi connectivity index (χ0v) is 19.0. The van der Waals surface area contributed by atoms with Gasteiger partial charge in [0.15, 0.2) is 5.11 Å². The molecular formula is C23H25FN6OS. The van der Waals surface area contributed by atoms with Gasteiger partial charge in [-0.15, -0.1) is 0 Å². The van der Waals surface area contributed by atoms with Crippen LogP contribution in [-0.2, 0) is 6.42 Å². The number of hydrogen-bond donors (Lipinski definition) is 3. The minimum absolute atomic E-state index is 0.263. The van der Waals surface area contributed by atoms with Crippen molar-refractivity contribution in [1.29, 1.82) is 0 Å². The van der Waals surface area contributed by atoms with Crippen molar-refractivity contribution in [2.75, 3.05) is 24.3 Å². The van der Waals surface area contributed by atoms with E-state index in [1.807, 2.05) is 44.2 Å². The van der Waals surface area contributed by atoms with Gasteiger partial charge in [-0.3, -0.25) is 10.3 Å². The van der Waals surface area contributed by atoms with Crippen LogP contribution in [0.3, 0.4) is 0 Å². The summed E-state index contributed by atoms with van der Waals surface area (Å²) in [6.07, 6.45) is 0.632. The fourth-order valence-electron chi connectivity index (χ4n) is 2.95. The highest BCUT2D eigenvalue weighted by molar-refractivity contribution is 7.80. The van der Waals surface area contributed by atoms with Crippen molar-refractivity contribution in [2.24, 2.45) is 4.99 Å². The third-order valence-electron chi connectivity index (χ3n) is 4.38. The lowest BCUT2D eigenvalue weighted by Crippen LogP contribution is -2.39. The fourth-order valence-corrected chi connectivity index (χ4v) is 3.16. The molecule has 3 rings (SSSR count). The van der Waals surface area contributed by atoms with Crippen LogP contribution in [0, 0.1) is 19.7 Å². The van der Waals surface area contributed by atoms with E-state index in [0.717, 1.165) is 22.6 Å². The van der Waals surface area contributed by atoms with Crippen molar-refractivity contribution >= 4 is 34.9 Å². The second-order valence-corrected chi connectivity index (χ2v) is 7.39. The van der Waals surface area contributed by atoms with Gasteiger partial charge in [0, 0.05) is 17.9 Å². The number of aliphatic imine (C=N–C) groups is 1. The zero-order chi connectivity index (χ0) is 22.9. The molecule has 0 fully saturated rings. The molecule has 0 aliphatic heterocycles. The second-order valence-electron chi connectivity index (χ2n) is 6.99. The maximum absolute atomic E-state index is 13.1. The van der Waals surface area contributed by atoms with E-state index >= 15 is 0 Å². The highest BCUT2D eigenvalue weighted by Gasteiger charge is 2.09. The average molecular weight is 453 g/mol. The Morgan fingerprint density at radius 3 is 2.41 bits per heavy atom. The number of hydrogen-bond acceptors (Lipinski definition) is 5. The molecule has 166 valence electrons. The molecule has 0 atom stereocenters. The number of aryl methyl sites for hydroxylation is 2. The number of benzene rings is 2. The van der Waals surface area contributed by atoms with Crippen LogP contribution in [0.25, 0.3) is 0 Å². The summed E-state index contributed by atoms with van der Waals surface area (Å²) < 4.78 is 18.5. The van der Waals surface area contributed by atoms with E-state index < -0.39 is 0 Å². The van der Waals surface area contributed by atoms with Gasteiger partial charge in [-0.05, 0) is 68.4 Å². The Balaban J connectivity index is 1.73. The molecule has 0 bridgehead atoms. The summed E-state index contributed by atoms with van der Waals surface area (Å²) in [5, 5.41) is 9.60. The van der Waals surface area contributed by atoms with Gasteiger partial charge in [0.1, 0.15) is 11.6 Å². The van der Waals surface area contributed by atoms with Crippen LogP contribution in [0.2, 0.25) is 0 Å². The maximum atomic E-state index is 13.1. The summed E-state index contributed by atoms with van der Waals surface area (Å²) in [5.41, 5.74) is 3.37. The Labute approximate surface area is 192 Å². The first-order chi connectivity index (χ1) is 15.4. The summed E-state index contributed by atoms with van der Waals surface area (Å²) in [5.74, 6) is 1.21. The molecular weight excluding hydrogens is 427 g/mol. The predicted octanol–water partition coefficient (Wildman–Crippen LogP) is 4.24. The van der Waals surface area contributed by atoms with Crippen LogP contribution in [0.1, 0.15) is 17.0 Å². The van der Waals surface area contributed by atoms with E-state index in [-0.39, 0.29) is 5.82 Å². The highest BCUT2D eigenvalue weighted by atomic mass is 32.1. The number of nitrogens with one attached hydrogen (secondary N) is 3. The standard InChI is InChI=1S/C23H25FN6OS/c1-15-14-16(2)27-22(26-15)29-21(25-13-12-17-8-10-18(24)11-9-17)30-23(32)28-19-6-4-5-7-20(19)31-3/h4-11,14H,12-13H2,1-3H3,(H3,25,26,27,28,29,30,32). The van der Waals surface area contributed by atoms with E-state index in [4.69, 9.17) is 17.0 Å². The molecule has 0 saturated carbocycles. The van der Waals surface area contributed by atoms with Crippen LogP contribution >= 0.6 is 12.2 Å². The number of aromatic nitrogens is 2. The lowest BCUT2D eigenvalue weighted by molar-refractivity contribution is 0.417. The highest BCUT2D eigenvalue weighted by Crippen LogP contribution is 2.22. The van der Waals surface area contributed by atoms with Gasteiger partial charge in [0.05, 0.1) is 12.8 Å². The van der Waals surface area contributed by atoms with Crippen molar-refractivity contribution in [1.82, 2.24) is 15.3 Å². The molecule has 3 aromatic rings. The number of guanidine groups is 1. The summed E-state index contributed by atoms with van der Waals surface area (Å²) in [4.78, 5) is 13.4. The van der Waals surface area contributed by atoms with E-state index in [1.54, 1.807) is 19.2 Å². The maximum Gasteiger partial charge on any atom is 0.229 e. The molecule has 0 spiro atoms. The minimum Gasteiger partial charge on any atom is -0.495 e. The third-order valence-corrected chi connectivity index (χ3v) is 4.59. The van der Waals surface area contributed by atoms with Crippen molar-refractivity contribution in [2.45, 2.75) is 20.3 Å². The average Bonchev–Trinajstić information content (AvgIpc) is 2.74. The Bertz CT molecular complexity index is 1080. The van der Waals surface area contributed by atoms with Gasteiger partial charge in [-0.2, -0.15) is 0 Å². The molecule has 1 heterocycles. The monoisotopic (exact) mass is 452 g/mol. The fraction of sp³-hybridized carbons (Fsp3) is 0.217. The molecule has 3 N–H and O–H groups in total. The Hall–Kier alpha value is -3.59. The molecule has 7 nitrogen and oxygen atoms in total. The van der Waals surface area contributed by atoms with Crippen LogP contribution in [0.4, 0.5) is 16.0 Å². The van der Waals surface area contributed by atoms with Gasteiger partial charge < -0.3 is 15.4 Å². The van der Waals surface area contributed by atoms with Crippen LogP contribution < -0.4 is 20.7 Å². The minimum atomic E-state index is -0.263. The number of thiocarbonyl (C=S) groups is 1. The normalized spacial score (nSPS) is 11.1. The summed E-state index contributed by atoms with van der Waals surface area (Å²) >= 11 is 5.46. The quantitative estimate of drug-likeness (QED) is 0.293. The second kappa shape index (κ2) is 11.1. The molecule has 0 saturated heterocycles. The number of para-hydroxylation sites is 2. The number of methoxy groups -OCH3 is 1. The van der Waals surface area contributed by atoms with E-state index in [9.17, 15) is 4.39 Å². The molecule has 0 aliphatic carbocycles. The van der Waals surface area contributed by atoms with Crippen LogP contribution in [0.15, 0.2) is 59.6 Å². The number of nitrogens with zero attached hydrogens (tertiary/aromatic N) is 3. The lowest BCUT2D eigenvalue weighted by Gasteiger charge is -2.15. The van der Waals surface area contributed by atoms with E-state index in [2.05, 4.69) is 30.9 Å². The topological polar surface area (TPSA) is 83.5 Å². The summed E-state index contributed by atoms with van der Waals surface area (Å²) in [7, 11) is 1.60. The Kier molecular flexibility index (Phi) is 8.04. The molecule has 2 aromatic carbocycles. The zero-order valence-electron chi connectivity index (χ0n) is 18.1. The van der Waals surface area contributed by atoms with Gasteiger partial charge in [-0.25, -0.2) is 14.4 Å². The van der Waals surface area contributed by atoms with Crippen molar-refractivity contribution in [3.8, 4) is 5.75 Å². The predicted molar refractivity (Wildman–Crippen MR) is 130 cm³/mol. The molecule has 0 amide bonds. The van der Waals surface area contributed by atoms with Gasteiger partial charge >= 0.3 is 0 Å². The van der Waals surface area contributed by atoms with E-state index in [0.29, 0.717) is 35.7 Å². The number of ether oxygens (including phenoxy) is 1. The largest absolute Gasteiger partial charge is 0.495 e. The molecule has 0 aliphatic rings. The number of halogens is 1. The van der Waals surface area contributed by atoms with Gasteiger partial charge in [0.25, 0.3) is 0 Å². The van der Waals surface area contributed by atoms with Crippen LogP contribution in [0.5, 0.6) is 5.75 Å².